The number of anilines is 10. The number of ether oxygens (including phenoxy) is 2. The SMILES string of the molecule is CCCCSc1nc(Nc2cc(N(CC)CC)c(OC)cc2/N=N/c2nc(N3CCCCC3)c(/C=C(/C(C)=O)C(=O)Nc3cccc(S(=O)(=O)O)c3)s2)nc(Nc2cc(N(CC)CC)c(OC)cc2/N=N/c2nc(N3CCCCC3)c(/C=C(\C(C)=O)C(=O)Nc3cccc(S(=O)(=O)O)c3)s2)n1. The lowest BCUT2D eigenvalue weighted by Crippen LogP contribution is -2.30. The monoisotopic (exact) mass is 1480 g/mol. The van der Waals surface area contributed by atoms with Gasteiger partial charge in [0, 0.05) is 81.6 Å². The van der Waals surface area contributed by atoms with Crippen molar-refractivity contribution in [1.29, 1.82) is 0 Å². The number of thiazole rings is 2. The number of ketones is 2. The molecule has 0 spiro atoms. The van der Waals surface area contributed by atoms with Crippen molar-refractivity contribution in [2.45, 2.75) is 115 Å². The van der Waals surface area contributed by atoms with E-state index in [4.69, 9.17) is 54.9 Å². The Morgan fingerprint density at radius 2 is 0.980 bits per heavy atom. The van der Waals surface area contributed by atoms with Gasteiger partial charge in [0.25, 0.3) is 32.1 Å². The van der Waals surface area contributed by atoms with Gasteiger partial charge in [0.1, 0.15) is 34.5 Å². The van der Waals surface area contributed by atoms with Crippen molar-refractivity contribution in [3.63, 3.8) is 0 Å². The van der Waals surface area contributed by atoms with E-state index in [1.165, 1.54) is 74.2 Å². The molecule has 2 aliphatic rings. The number of hydrogen-bond donors (Lipinski definition) is 6. The van der Waals surface area contributed by atoms with Crippen LogP contribution in [0.4, 0.5) is 79.3 Å². The summed E-state index contributed by atoms with van der Waals surface area (Å²) in [6.07, 6.45) is 10.2. The molecular weight excluding hydrogens is 1400 g/mol. The number of nitrogens with zero attached hydrogens (tertiary/aromatic N) is 13. The lowest BCUT2D eigenvalue weighted by molar-refractivity contribution is -0.120. The van der Waals surface area contributed by atoms with Gasteiger partial charge in [-0.25, -0.2) is 0 Å². The average Bonchev–Trinajstić information content (AvgIpc) is 1.62. The van der Waals surface area contributed by atoms with Gasteiger partial charge in [-0.05, 0) is 147 Å². The summed E-state index contributed by atoms with van der Waals surface area (Å²) in [6, 6.07) is 17.3. The van der Waals surface area contributed by atoms with Gasteiger partial charge in [-0.1, -0.05) is 59.9 Å². The normalized spacial score (nSPS) is 13.9. The number of piperidine rings is 2. The minimum absolute atomic E-state index is 0.0382. The van der Waals surface area contributed by atoms with E-state index in [2.05, 4.69) is 47.8 Å². The number of nitrogens with one attached hydrogen (secondary N) is 4. The number of rotatable bonds is 32. The van der Waals surface area contributed by atoms with Gasteiger partial charge in [-0.2, -0.15) is 41.8 Å². The first kappa shape index (κ1) is 75.9. The quantitative estimate of drug-likeness (QED) is 0.00434. The lowest BCUT2D eigenvalue weighted by atomic mass is 10.1. The molecule has 0 radical (unpaired) electrons. The Bertz CT molecular complexity index is 4270. The van der Waals surface area contributed by atoms with Crippen molar-refractivity contribution in [2.24, 2.45) is 20.5 Å². The van der Waals surface area contributed by atoms with E-state index in [-0.39, 0.29) is 44.7 Å². The van der Waals surface area contributed by atoms with Crippen molar-refractivity contribution in [3.05, 3.63) is 93.7 Å². The van der Waals surface area contributed by atoms with Crippen molar-refractivity contribution < 1.29 is 54.6 Å². The van der Waals surface area contributed by atoms with Crippen molar-refractivity contribution in [1.82, 2.24) is 24.9 Å². The van der Waals surface area contributed by atoms with Crippen LogP contribution in [0.1, 0.15) is 110 Å². The second kappa shape index (κ2) is 34.8. The molecule has 0 atom stereocenters. The number of aromatic nitrogens is 5. The number of amides is 2. The van der Waals surface area contributed by atoms with E-state index >= 15 is 0 Å². The number of hydrogen-bond acceptors (Lipinski definition) is 28. The van der Waals surface area contributed by atoms with Crippen molar-refractivity contribution in [3.8, 4) is 11.5 Å². The Balaban J connectivity index is 1.11. The first-order chi connectivity index (χ1) is 48.4. The van der Waals surface area contributed by atoms with Crippen LogP contribution in [-0.2, 0) is 39.4 Å². The maximum Gasteiger partial charge on any atom is 0.294 e. The fourth-order valence-electron chi connectivity index (χ4n) is 11.1. The number of carbonyl (C=O) groups is 4. The summed E-state index contributed by atoms with van der Waals surface area (Å²) in [5.74, 6) is 0.126. The molecule has 101 heavy (non-hydrogen) atoms. The Labute approximate surface area is 599 Å². The van der Waals surface area contributed by atoms with Gasteiger partial charge in [0.15, 0.2) is 16.7 Å². The average molecular weight is 1480 g/mol. The molecule has 4 aromatic carbocycles. The molecule has 29 nitrogen and oxygen atoms in total. The van der Waals surface area contributed by atoms with Crippen LogP contribution in [0, 0.1) is 0 Å². The first-order valence-electron chi connectivity index (χ1n) is 32.9. The van der Waals surface area contributed by atoms with Crippen LogP contribution in [0.3, 0.4) is 0 Å². The summed E-state index contributed by atoms with van der Waals surface area (Å²) in [5.41, 5.74) is 2.49. The number of unbranched alkanes of at least 4 members (excludes halogenated alkanes) is 1. The highest BCUT2D eigenvalue weighted by molar-refractivity contribution is 7.99. The Hall–Kier alpha value is -9.32. The molecule has 6 N–H and O–H groups in total. The minimum atomic E-state index is -4.60. The molecule has 2 fully saturated rings. The minimum Gasteiger partial charge on any atom is -0.494 e. The van der Waals surface area contributed by atoms with E-state index in [0.29, 0.717) is 119 Å². The predicted octanol–water partition coefficient (Wildman–Crippen LogP) is 14.4. The molecule has 2 amide bonds. The van der Waals surface area contributed by atoms with Gasteiger partial charge < -0.3 is 50.3 Å². The maximum absolute atomic E-state index is 13.9. The number of benzene rings is 4. The molecule has 2 saturated heterocycles. The molecular formula is C67H81N17O12S5. The molecule has 0 bridgehead atoms. The van der Waals surface area contributed by atoms with E-state index in [9.17, 15) is 45.1 Å². The van der Waals surface area contributed by atoms with Crippen LogP contribution in [0.25, 0.3) is 12.2 Å². The second-order valence-corrected chi connectivity index (χ2v) is 29.1. The Morgan fingerprint density at radius 3 is 1.34 bits per heavy atom. The van der Waals surface area contributed by atoms with Gasteiger partial charge in [-0.3, -0.25) is 28.3 Å². The van der Waals surface area contributed by atoms with Gasteiger partial charge >= 0.3 is 0 Å². The first-order valence-corrected chi connectivity index (χ1v) is 38.4. The zero-order valence-electron chi connectivity index (χ0n) is 57.4. The van der Waals surface area contributed by atoms with E-state index in [1.807, 2.05) is 39.8 Å². The van der Waals surface area contributed by atoms with Crippen LogP contribution in [0.15, 0.2) is 119 Å². The van der Waals surface area contributed by atoms with Gasteiger partial charge in [0.05, 0.1) is 67.7 Å². The largest absolute Gasteiger partial charge is 0.494 e. The zero-order valence-corrected chi connectivity index (χ0v) is 61.5. The highest BCUT2D eigenvalue weighted by Crippen LogP contribution is 2.45. The van der Waals surface area contributed by atoms with E-state index in [1.54, 1.807) is 26.4 Å². The third-order valence-corrected chi connectivity index (χ3v) is 20.6. The number of thioether (sulfide) groups is 1. The molecule has 0 saturated carbocycles. The topological polar surface area (TPSA) is 370 Å². The summed E-state index contributed by atoms with van der Waals surface area (Å²) in [4.78, 5) is 87.4. The van der Waals surface area contributed by atoms with Crippen LogP contribution >= 0.6 is 34.4 Å². The van der Waals surface area contributed by atoms with Crippen LogP contribution in [0.5, 0.6) is 11.5 Å². The predicted molar refractivity (Wildman–Crippen MR) is 397 cm³/mol. The summed E-state index contributed by atoms with van der Waals surface area (Å²) in [5, 5.41) is 31.8. The van der Waals surface area contributed by atoms with Gasteiger partial charge in [0.2, 0.25) is 22.2 Å². The van der Waals surface area contributed by atoms with Crippen molar-refractivity contribution in [2.75, 3.05) is 113 Å². The summed E-state index contributed by atoms with van der Waals surface area (Å²) >= 11 is 3.65. The second-order valence-electron chi connectivity index (χ2n) is 23.2. The third-order valence-electron chi connectivity index (χ3n) is 16.3. The lowest BCUT2D eigenvalue weighted by Gasteiger charge is -2.27. The number of azo groups is 2. The fourth-order valence-corrected chi connectivity index (χ4v) is 14.7. The number of methoxy groups -OCH3 is 2. The zero-order chi connectivity index (χ0) is 72.5. The highest BCUT2D eigenvalue weighted by Gasteiger charge is 2.27. The number of carbonyl (C=O) groups excluding carboxylic acids is 4. The molecule has 3 aromatic heterocycles. The smallest absolute Gasteiger partial charge is 0.294 e. The van der Waals surface area contributed by atoms with E-state index in [0.717, 1.165) is 97.5 Å². The van der Waals surface area contributed by atoms with Crippen LogP contribution in [0.2, 0.25) is 0 Å². The number of Topliss-reactive ketones (excluding diaryl/α,β-unsaturated/α-hetero) is 2. The van der Waals surface area contributed by atoms with Crippen LogP contribution < -0.4 is 50.3 Å². The molecule has 2 aliphatic heterocycles. The van der Waals surface area contributed by atoms with Crippen molar-refractivity contribution >= 4 is 169 Å². The molecule has 5 heterocycles. The summed E-state index contributed by atoms with van der Waals surface area (Å²) in [6.45, 7) is 17.8. The summed E-state index contributed by atoms with van der Waals surface area (Å²) < 4.78 is 79.1. The van der Waals surface area contributed by atoms with Crippen LogP contribution in [-0.4, -0.2) is 147 Å². The van der Waals surface area contributed by atoms with Gasteiger partial charge in [-0.15, -0.1) is 20.5 Å². The molecule has 34 heteroatoms. The summed E-state index contributed by atoms with van der Waals surface area (Å²) in [7, 11) is -6.06. The van der Waals surface area contributed by atoms with E-state index < -0.39 is 53.4 Å². The fraction of sp³-hybridized carbons (Fsp3) is 0.388. The highest BCUT2D eigenvalue weighted by atomic mass is 32.2. The maximum atomic E-state index is 13.9. The molecule has 9 rings (SSSR count). The molecule has 7 aromatic rings. The molecule has 536 valence electrons. The Kier molecular flexibility index (Phi) is 26.2. The molecule has 0 unspecified atom stereocenters. The Morgan fingerprint density at radius 1 is 0.574 bits per heavy atom. The standard InChI is InChI=1S/C67H81N17O12S5/c1-10-15-32-97-65-75-63(70-49-37-53(81(11-2)12-3)55(95-8)39-51(49)77-79-66-72-59(83-28-18-16-19-29-83)57(98-66)35-47(41(6)85)61(87)68-43-24-22-26-45(33-43)100(89,90)91)74-64(76-65)71-50-38-54(82(13-4)14-5)56(96-9)40-52(50)78-80-67-73-60(84-30-20-17-21-31-84)58(99-67)36-48(42(7)86)62(88)69-44-25-23-27-46(34-44)101(92,93)94/h22-27,33-40H,10-21,28-32H2,1-9H3,(H,68,87)(H,69,88)(H,89,90,91)(H,92,93,94)(H2,70,71,74,75,76)/b47-35-,48-36+,79-77+,80-78+. The molecule has 0 aliphatic carbocycles. The third kappa shape index (κ3) is 19.8.